The van der Waals surface area contributed by atoms with E-state index in [1.54, 1.807) is 0 Å². The van der Waals surface area contributed by atoms with Crippen molar-refractivity contribution in [1.82, 2.24) is 0 Å². The topological polar surface area (TPSA) is 12.4 Å². The van der Waals surface area contributed by atoms with Crippen LogP contribution in [0.25, 0.3) is 0 Å². The lowest BCUT2D eigenvalue weighted by Gasteiger charge is -2.03. The van der Waals surface area contributed by atoms with Gasteiger partial charge in [-0.25, -0.2) is 0 Å². The van der Waals surface area contributed by atoms with Crippen LogP contribution in [0.3, 0.4) is 0 Å². The maximum atomic E-state index is 4.40. The molecule has 264 valence electrons. The first-order valence-corrected chi connectivity index (χ1v) is 20.9. The van der Waals surface area contributed by atoms with Gasteiger partial charge in [-0.2, -0.15) is 0 Å². The lowest BCUT2D eigenvalue weighted by Crippen LogP contribution is -1.83. The summed E-state index contributed by atoms with van der Waals surface area (Å²) in [6.07, 6.45) is 64.5. The summed E-state index contributed by atoms with van der Waals surface area (Å²) in [5, 5.41) is 0. The van der Waals surface area contributed by atoms with E-state index in [9.17, 15) is 0 Å². The molecule has 0 aromatic carbocycles. The molecule has 0 unspecified atom stereocenters. The van der Waals surface area contributed by atoms with E-state index in [0.717, 1.165) is 6.42 Å². The SMILES string of the molecule is CCCCCCCCCCCCCCCCCCC=CC=CN=CCC=CCCCCCCCCCCCCCCCCCC. The zero-order valence-electron chi connectivity index (χ0n) is 31.2. The van der Waals surface area contributed by atoms with Crippen LogP contribution < -0.4 is 0 Å². The first-order valence-electron chi connectivity index (χ1n) is 20.9. The monoisotopic (exact) mass is 626 g/mol. The van der Waals surface area contributed by atoms with Crippen LogP contribution in [-0.4, -0.2) is 6.21 Å². The van der Waals surface area contributed by atoms with Gasteiger partial charge in [-0.3, -0.25) is 4.99 Å². The molecule has 1 nitrogen and oxygen atoms in total. The lowest BCUT2D eigenvalue weighted by atomic mass is 10.0. The number of unbranched alkanes of at least 4 members (excludes halogenated alkanes) is 32. The molecule has 0 heterocycles. The van der Waals surface area contributed by atoms with Crippen LogP contribution in [0.4, 0.5) is 0 Å². The largest absolute Gasteiger partial charge is 0.269 e. The Hall–Kier alpha value is -1.11. The molecular weight excluding hydrogens is 542 g/mol. The molecule has 0 radical (unpaired) electrons. The minimum atomic E-state index is 0.951. The van der Waals surface area contributed by atoms with Gasteiger partial charge < -0.3 is 0 Å². The summed E-state index contributed by atoms with van der Waals surface area (Å²) in [4.78, 5) is 4.40. The highest BCUT2D eigenvalue weighted by Gasteiger charge is 1.96. The molecule has 0 aromatic rings. The van der Waals surface area contributed by atoms with Crippen LogP contribution in [0.2, 0.25) is 0 Å². The van der Waals surface area contributed by atoms with Gasteiger partial charge in [-0.15, -0.1) is 0 Å². The fourth-order valence-electron chi connectivity index (χ4n) is 6.29. The maximum absolute atomic E-state index is 4.40. The van der Waals surface area contributed by atoms with Crippen LogP contribution in [0.5, 0.6) is 0 Å². The summed E-state index contributed by atoms with van der Waals surface area (Å²) in [5.41, 5.74) is 0. The average Bonchev–Trinajstić information content (AvgIpc) is 3.05. The lowest BCUT2D eigenvalue weighted by molar-refractivity contribution is 0.530. The van der Waals surface area contributed by atoms with Crippen molar-refractivity contribution in [2.75, 3.05) is 0 Å². The van der Waals surface area contributed by atoms with E-state index in [-0.39, 0.29) is 0 Å². The number of rotatable bonds is 38. The van der Waals surface area contributed by atoms with Crippen molar-refractivity contribution in [3.63, 3.8) is 0 Å². The molecule has 0 aliphatic rings. The molecule has 0 aromatic heterocycles. The number of aliphatic imine (C=N–C) groups is 1. The van der Waals surface area contributed by atoms with E-state index in [4.69, 9.17) is 0 Å². The average molecular weight is 626 g/mol. The standard InChI is InChI=1S/C44H83N/c1-3-5-7-9-11-13-15-17-19-21-23-25-27-29-31-33-35-37-39-41-43-45-44-42-40-38-36-34-32-30-28-26-24-22-20-18-16-14-12-10-8-6-4-2/h37-41,43-44H,3-36,42H2,1-2H3. The third-order valence-electron chi connectivity index (χ3n) is 9.38. The zero-order chi connectivity index (χ0) is 32.4. The van der Waals surface area contributed by atoms with Gasteiger partial charge in [0, 0.05) is 18.8 Å². The summed E-state index contributed by atoms with van der Waals surface area (Å²) >= 11 is 0. The van der Waals surface area contributed by atoms with Crippen LogP contribution >= 0.6 is 0 Å². The number of allylic oxidation sites excluding steroid dienone is 5. The van der Waals surface area contributed by atoms with E-state index >= 15 is 0 Å². The summed E-state index contributed by atoms with van der Waals surface area (Å²) in [5.74, 6) is 0. The molecular formula is C44H83N. The molecule has 45 heavy (non-hydrogen) atoms. The quantitative estimate of drug-likeness (QED) is 0.0280. The van der Waals surface area contributed by atoms with Crippen LogP contribution in [0.15, 0.2) is 41.6 Å². The number of nitrogens with zero attached hydrogens (tertiary/aromatic N) is 1. The molecule has 0 aliphatic carbocycles. The Balaban J connectivity index is 3.26. The molecule has 0 bridgehead atoms. The highest BCUT2D eigenvalue weighted by Crippen LogP contribution is 2.15. The van der Waals surface area contributed by atoms with Gasteiger partial charge in [-0.1, -0.05) is 231 Å². The van der Waals surface area contributed by atoms with Crippen LogP contribution in [0.1, 0.15) is 239 Å². The van der Waals surface area contributed by atoms with Gasteiger partial charge >= 0.3 is 0 Å². The molecule has 0 spiro atoms. The Morgan fingerprint density at radius 3 is 0.978 bits per heavy atom. The van der Waals surface area contributed by atoms with Crippen molar-refractivity contribution in [3.05, 3.63) is 36.6 Å². The predicted molar refractivity (Wildman–Crippen MR) is 209 cm³/mol. The van der Waals surface area contributed by atoms with Crippen molar-refractivity contribution in [3.8, 4) is 0 Å². The predicted octanol–water partition coefficient (Wildman–Crippen LogP) is 16.4. The van der Waals surface area contributed by atoms with Gasteiger partial charge in [0.05, 0.1) is 0 Å². The molecule has 0 saturated carbocycles. The van der Waals surface area contributed by atoms with E-state index < -0.39 is 0 Å². The molecule has 0 fully saturated rings. The highest BCUT2D eigenvalue weighted by molar-refractivity contribution is 5.60. The van der Waals surface area contributed by atoms with Gasteiger partial charge in [0.1, 0.15) is 0 Å². The van der Waals surface area contributed by atoms with Crippen LogP contribution in [0, 0.1) is 0 Å². The molecule has 0 amide bonds. The second kappa shape index (κ2) is 42.9. The number of hydrogen-bond acceptors (Lipinski definition) is 1. The van der Waals surface area contributed by atoms with E-state index in [1.165, 1.54) is 218 Å². The van der Waals surface area contributed by atoms with Crippen LogP contribution in [-0.2, 0) is 0 Å². The van der Waals surface area contributed by atoms with Crippen molar-refractivity contribution >= 4 is 6.21 Å². The second-order valence-corrected chi connectivity index (χ2v) is 14.0. The first kappa shape index (κ1) is 43.9. The molecule has 0 saturated heterocycles. The third-order valence-corrected chi connectivity index (χ3v) is 9.38. The van der Waals surface area contributed by atoms with Crippen molar-refractivity contribution in [1.29, 1.82) is 0 Å². The second-order valence-electron chi connectivity index (χ2n) is 14.0. The summed E-state index contributed by atoms with van der Waals surface area (Å²) in [6, 6.07) is 0. The van der Waals surface area contributed by atoms with E-state index in [2.05, 4.69) is 49.2 Å². The first-order chi connectivity index (χ1) is 22.4. The molecule has 0 atom stereocenters. The summed E-state index contributed by atoms with van der Waals surface area (Å²) in [7, 11) is 0. The van der Waals surface area contributed by atoms with Crippen molar-refractivity contribution < 1.29 is 0 Å². The minimum Gasteiger partial charge on any atom is -0.269 e. The fourth-order valence-corrected chi connectivity index (χ4v) is 6.29. The van der Waals surface area contributed by atoms with Gasteiger partial charge in [0.25, 0.3) is 0 Å². The number of hydrogen-bond donors (Lipinski definition) is 0. The normalized spacial score (nSPS) is 12.3. The Morgan fingerprint density at radius 2 is 0.622 bits per heavy atom. The zero-order valence-corrected chi connectivity index (χ0v) is 31.2. The van der Waals surface area contributed by atoms with Gasteiger partial charge in [0.2, 0.25) is 0 Å². The Kier molecular flexibility index (Phi) is 41.8. The molecule has 1 heteroatoms. The minimum absolute atomic E-state index is 0.951. The molecule has 0 N–H and O–H groups in total. The smallest absolute Gasteiger partial charge is 0.0263 e. The van der Waals surface area contributed by atoms with E-state index in [1.807, 2.05) is 12.4 Å². The maximum Gasteiger partial charge on any atom is 0.0263 e. The Labute approximate surface area is 285 Å². The fraction of sp³-hybridized carbons (Fsp3) is 0.841. The Bertz CT molecular complexity index is 627. The summed E-state index contributed by atoms with van der Waals surface area (Å²) in [6.45, 7) is 4.60. The third kappa shape index (κ3) is 42.9. The molecule has 0 rings (SSSR count). The highest BCUT2D eigenvalue weighted by atomic mass is 14.7. The Morgan fingerprint density at radius 1 is 0.311 bits per heavy atom. The van der Waals surface area contributed by atoms with Crippen molar-refractivity contribution in [2.45, 2.75) is 239 Å². The van der Waals surface area contributed by atoms with E-state index in [0.29, 0.717) is 0 Å². The summed E-state index contributed by atoms with van der Waals surface area (Å²) < 4.78 is 0. The van der Waals surface area contributed by atoms with Gasteiger partial charge in [0.15, 0.2) is 0 Å². The van der Waals surface area contributed by atoms with Gasteiger partial charge in [-0.05, 0) is 31.8 Å². The van der Waals surface area contributed by atoms with Crippen molar-refractivity contribution in [2.24, 2.45) is 4.99 Å². The molecule has 0 aliphatic heterocycles.